The van der Waals surface area contributed by atoms with Gasteiger partial charge in [0, 0.05) is 53.4 Å². The average molecular weight is 401 g/mol. The molecule has 0 N–H and O–H groups in total. The Hall–Kier alpha value is -2.87. The van der Waals surface area contributed by atoms with E-state index in [2.05, 4.69) is 6.07 Å². The first-order chi connectivity index (χ1) is 13.8. The molecule has 2 aromatic rings. The molecule has 1 aromatic carbocycles. The van der Waals surface area contributed by atoms with E-state index in [1.54, 1.807) is 12.0 Å². The Balaban J connectivity index is 1.90. The predicted molar refractivity (Wildman–Crippen MR) is 108 cm³/mol. The van der Waals surface area contributed by atoms with Crippen LogP contribution in [0.2, 0.25) is 0 Å². The second kappa shape index (κ2) is 8.65. The smallest absolute Gasteiger partial charge is 0.331 e. The van der Waals surface area contributed by atoms with E-state index in [-0.39, 0.29) is 17.7 Å². The van der Waals surface area contributed by atoms with Gasteiger partial charge in [-0.3, -0.25) is 18.7 Å². The molecule has 0 fully saturated rings. The highest BCUT2D eigenvalue weighted by molar-refractivity contribution is 5.92. The highest BCUT2D eigenvalue weighted by Crippen LogP contribution is 2.29. The number of amides is 1. The van der Waals surface area contributed by atoms with Crippen LogP contribution in [0.4, 0.5) is 0 Å². The fourth-order valence-electron chi connectivity index (χ4n) is 3.55. The fraction of sp³-hybridized carbons (Fsp3) is 0.476. The van der Waals surface area contributed by atoms with Crippen molar-refractivity contribution in [1.29, 1.82) is 0 Å². The van der Waals surface area contributed by atoms with Gasteiger partial charge >= 0.3 is 5.69 Å². The lowest BCUT2D eigenvalue weighted by atomic mass is 10.1. The van der Waals surface area contributed by atoms with Crippen LogP contribution in [0.1, 0.15) is 35.0 Å². The third-order valence-electron chi connectivity index (χ3n) is 5.14. The van der Waals surface area contributed by atoms with E-state index >= 15 is 0 Å². The van der Waals surface area contributed by atoms with Crippen LogP contribution < -0.4 is 16.0 Å². The molecule has 156 valence electrons. The van der Waals surface area contributed by atoms with Gasteiger partial charge in [-0.05, 0) is 30.5 Å². The molecule has 1 aliphatic heterocycles. The molecule has 1 aliphatic rings. The molecule has 1 atom stereocenters. The molecular formula is C21H27N3O5. The summed E-state index contributed by atoms with van der Waals surface area (Å²) in [7, 11) is 4.50. The molecule has 3 rings (SSSR count). The maximum Gasteiger partial charge on any atom is 0.331 e. The number of nitrogens with zero attached hydrogens (tertiary/aromatic N) is 3. The SMILES string of the molecule is COCCCN(Cc1ccc2c(c1)C[C@@H](C)O2)C(=O)c1cc(=O)n(C)c(=O)n1C. The summed E-state index contributed by atoms with van der Waals surface area (Å²) in [5.41, 5.74) is 1.15. The van der Waals surface area contributed by atoms with Crippen LogP contribution in [0.15, 0.2) is 33.9 Å². The van der Waals surface area contributed by atoms with Crippen molar-refractivity contribution in [2.45, 2.75) is 32.4 Å². The third kappa shape index (κ3) is 4.42. The lowest BCUT2D eigenvalue weighted by Crippen LogP contribution is -2.42. The quantitative estimate of drug-likeness (QED) is 0.649. The molecular weight excluding hydrogens is 374 g/mol. The molecule has 0 radical (unpaired) electrons. The van der Waals surface area contributed by atoms with E-state index in [0.29, 0.717) is 26.1 Å². The Kier molecular flexibility index (Phi) is 6.22. The predicted octanol–water partition coefficient (Wildman–Crippen LogP) is 1.09. The van der Waals surface area contributed by atoms with Gasteiger partial charge in [0.2, 0.25) is 0 Å². The van der Waals surface area contributed by atoms with Gasteiger partial charge in [0.05, 0.1) is 0 Å². The van der Waals surface area contributed by atoms with Crippen molar-refractivity contribution in [3.8, 4) is 5.75 Å². The topological polar surface area (TPSA) is 82.8 Å². The second-order valence-corrected chi connectivity index (χ2v) is 7.42. The minimum atomic E-state index is -0.527. The Morgan fingerprint density at radius 1 is 1.24 bits per heavy atom. The summed E-state index contributed by atoms with van der Waals surface area (Å²) < 4.78 is 13.1. The first kappa shape index (κ1) is 20.9. The van der Waals surface area contributed by atoms with Crippen molar-refractivity contribution >= 4 is 5.91 Å². The van der Waals surface area contributed by atoms with Gasteiger partial charge in [-0.1, -0.05) is 12.1 Å². The molecule has 0 unspecified atom stereocenters. The molecule has 2 heterocycles. The summed E-state index contributed by atoms with van der Waals surface area (Å²) in [5.74, 6) is 0.524. The number of methoxy groups -OCH3 is 1. The van der Waals surface area contributed by atoms with E-state index in [9.17, 15) is 14.4 Å². The number of hydrogen-bond acceptors (Lipinski definition) is 5. The summed E-state index contributed by atoms with van der Waals surface area (Å²) in [4.78, 5) is 39.2. The number of ether oxygens (including phenoxy) is 2. The molecule has 0 aliphatic carbocycles. The zero-order valence-electron chi connectivity index (χ0n) is 17.3. The zero-order valence-corrected chi connectivity index (χ0v) is 17.3. The van der Waals surface area contributed by atoms with Crippen LogP contribution in [0.3, 0.4) is 0 Å². The van der Waals surface area contributed by atoms with Crippen LogP contribution in [-0.4, -0.2) is 46.3 Å². The zero-order chi connectivity index (χ0) is 21.1. The van der Waals surface area contributed by atoms with Crippen molar-refractivity contribution in [3.63, 3.8) is 0 Å². The number of benzene rings is 1. The largest absolute Gasteiger partial charge is 0.490 e. The van der Waals surface area contributed by atoms with Gasteiger partial charge in [0.25, 0.3) is 11.5 Å². The van der Waals surface area contributed by atoms with Gasteiger partial charge in [0.1, 0.15) is 17.5 Å². The molecule has 8 nitrogen and oxygen atoms in total. The number of rotatable bonds is 7. The number of aromatic nitrogens is 2. The molecule has 1 amide bonds. The lowest BCUT2D eigenvalue weighted by Gasteiger charge is -2.24. The second-order valence-electron chi connectivity index (χ2n) is 7.42. The number of fused-ring (bicyclic) bond motifs is 1. The molecule has 0 bridgehead atoms. The van der Waals surface area contributed by atoms with Crippen molar-refractivity contribution in [3.05, 3.63) is 61.9 Å². The summed E-state index contributed by atoms with van der Waals surface area (Å²) in [6.45, 7) is 3.35. The summed E-state index contributed by atoms with van der Waals surface area (Å²) in [5, 5.41) is 0. The monoisotopic (exact) mass is 401 g/mol. The van der Waals surface area contributed by atoms with Crippen molar-refractivity contribution in [2.24, 2.45) is 14.1 Å². The van der Waals surface area contributed by atoms with Crippen molar-refractivity contribution < 1.29 is 14.3 Å². The summed E-state index contributed by atoms with van der Waals surface area (Å²) in [6, 6.07) is 7.14. The number of hydrogen-bond donors (Lipinski definition) is 0. The maximum atomic E-state index is 13.2. The minimum Gasteiger partial charge on any atom is -0.490 e. The van der Waals surface area contributed by atoms with Crippen LogP contribution in [0, 0.1) is 0 Å². The molecule has 8 heteroatoms. The minimum absolute atomic E-state index is 0.0774. The van der Waals surface area contributed by atoms with Crippen LogP contribution in [0.5, 0.6) is 5.75 Å². The van der Waals surface area contributed by atoms with Gasteiger partial charge in [-0.25, -0.2) is 4.79 Å². The first-order valence-electron chi connectivity index (χ1n) is 9.65. The highest BCUT2D eigenvalue weighted by atomic mass is 16.5. The highest BCUT2D eigenvalue weighted by Gasteiger charge is 2.23. The molecule has 0 saturated carbocycles. The molecule has 29 heavy (non-hydrogen) atoms. The average Bonchev–Trinajstić information content (AvgIpc) is 3.07. The van der Waals surface area contributed by atoms with E-state index in [0.717, 1.165) is 27.9 Å². The molecule has 0 spiro atoms. The van der Waals surface area contributed by atoms with E-state index in [4.69, 9.17) is 9.47 Å². The van der Waals surface area contributed by atoms with Gasteiger partial charge < -0.3 is 14.4 Å². The van der Waals surface area contributed by atoms with E-state index in [1.165, 1.54) is 24.7 Å². The maximum absolute atomic E-state index is 13.2. The Morgan fingerprint density at radius 2 is 2.00 bits per heavy atom. The normalized spacial score (nSPS) is 15.1. The standard InChI is InChI=1S/C21H27N3O5/c1-14-10-16-11-15(6-7-18(16)29-14)13-24(8-5-9-28-4)20(26)17-12-19(25)23(3)21(27)22(17)2/h6-7,11-12,14H,5,8-10,13H2,1-4H3/t14-/m1/s1. The van der Waals surface area contributed by atoms with Crippen LogP contribution in [-0.2, 0) is 31.8 Å². The number of carbonyl (C=O) groups is 1. The fourth-order valence-corrected chi connectivity index (χ4v) is 3.55. The third-order valence-corrected chi connectivity index (χ3v) is 5.14. The van der Waals surface area contributed by atoms with E-state index < -0.39 is 11.2 Å². The Labute approximate surface area is 169 Å². The number of carbonyl (C=O) groups excluding carboxylic acids is 1. The van der Waals surface area contributed by atoms with Crippen LogP contribution >= 0.6 is 0 Å². The van der Waals surface area contributed by atoms with Crippen molar-refractivity contribution in [1.82, 2.24) is 14.0 Å². The van der Waals surface area contributed by atoms with Gasteiger partial charge in [-0.2, -0.15) is 0 Å². The summed E-state index contributed by atoms with van der Waals surface area (Å²) >= 11 is 0. The Morgan fingerprint density at radius 3 is 2.72 bits per heavy atom. The van der Waals surface area contributed by atoms with Gasteiger partial charge in [-0.15, -0.1) is 0 Å². The first-order valence-corrected chi connectivity index (χ1v) is 9.65. The lowest BCUT2D eigenvalue weighted by molar-refractivity contribution is 0.0711. The molecule has 0 saturated heterocycles. The van der Waals surface area contributed by atoms with Crippen LogP contribution in [0.25, 0.3) is 0 Å². The summed E-state index contributed by atoms with van der Waals surface area (Å²) in [6.07, 6.45) is 1.63. The Bertz CT molecular complexity index is 1020. The van der Waals surface area contributed by atoms with E-state index in [1.807, 2.05) is 19.1 Å². The van der Waals surface area contributed by atoms with Crippen molar-refractivity contribution in [2.75, 3.05) is 20.3 Å². The van der Waals surface area contributed by atoms with Gasteiger partial charge in [0.15, 0.2) is 0 Å². The molecule has 1 aromatic heterocycles.